The molecule has 1 unspecified atom stereocenters. The van der Waals surface area contributed by atoms with Gasteiger partial charge in [0.15, 0.2) is 5.96 Å². The summed E-state index contributed by atoms with van der Waals surface area (Å²) in [5, 5.41) is 6.72. The lowest BCUT2D eigenvalue weighted by Gasteiger charge is -2.18. The molecular formula is C15H34IN3O2. The second-order valence-corrected chi connectivity index (χ2v) is 5.47. The Labute approximate surface area is 147 Å². The Morgan fingerprint density at radius 2 is 1.81 bits per heavy atom. The fourth-order valence-electron chi connectivity index (χ4n) is 1.71. The molecule has 0 fully saturated rings. The minimum atomic E-state index is 0. The molecule has 2 N–H and O–H groups in total. The number of ether oxygens (including phenoxy) is 2. The first kappa shape index (κ1) is 23.2. The maximum atomic E-state index is 5.41. The van der Waals surface area contributed by atoms with Crippen LogP contribution in [0.4, 0.5) is 0 Å². The van der Waals surface area contributed by atoms with Crippen molar-refractivity contribution in [2.75, 3.05) is 40.5 Å². The zero-order chi connectivity index (χ0) is 15.2. The Morgan fingerprint density at radius 1 is 1.10 bits per heavy atom. The number of methoxy groups -OCH3 is 1. The predicted octanol–water partition coefficient (Wildman–Crippen LogP) is 2.65. The van der Waals surface area contributed by atoms with Crippen LogP contribution in [0.25, 0.3) is 0 Å². The fraction of sp³-hybridized carbons (Fsp3) is 0.933. The largest absolute Gasteiger partial charge is 0.382 e. The number of nitrogens with one attached hydrogen (secondary N) is 2. The van der Waals surface area contributed by atoms with Gasteiger partial charge in [-0.15, -0.1) is 24.0 Å². The highest BCUT2D eigenvalue weighted by Gasteiger charge is 2.05. The third-order valence-electron chi connectivity index (χ3n) is 2.97. The van der Waals surface area contributed by atoms with Crippen molar-refractivity contribution in [3.8, 4) is 0 Å². The van der Waals surface area contributed by atoms with Gasteiger partial charge in [-0.3, -0.25) is 4.99 Å². The summed E-state index contributed by atoms with van der Waals surface area (Å²) < 4.78 is 10.3. The lowest BCUT2D eigenvalue weighted by atomic mass is 10.0. The summed E-state index contributed by atoms with van der Waals surface area (Å²) in [5.41, 5.74) is 0. The van der Waals surface area contributed by atoms with Crippen LogP contribution in [0, 0.1) is 5.92 Å². The summed E-state index contributed by atoms with van der Waals surface area (Å²) in [5.74, 6) is 1.62. The molecule has 0 aromatic carbocycles. The third kappa shape index (κ3) is 16.1. The summed E-state index contributed by atoms with van der Waals surface area (Å²) in [4.78, 5) is 4.24. The molecule has 0 bridgehead atoms. The van der Waals surface area contributed by atoms with Gasteiger partial charge in [-0.25, -0.2) is 0 Å². The maximum Gasteiger partial charge on any atom is 0.191 e. The van der Waals surface area contributed by atoms with Gasteiger partial charge in [-0.2, -0.15) is 0 Å². The smallest absolute Gasteiger partial charge is 0.191 e. The first-order valence-electron chi connectivity index (χ1n) is 7.64. The number of guanidine groups is 1. The standard InChI is InChI=1S/C15H33N3O2.HI/c1-13(2)7-8-14(3)18-15(16-4)17-9-6-10-20-12-11-19-5;/h13-14H,6-12H2,1-5H3,(H2,16,17,18);1H. The summed E-state index contributed by atoms with van der Waals surface area (Å²) >= 11 is 0. The topological polar surface area (TPSA) is 54.9 Å². The normalized spacial score (nSPS) is 13.0. The molecule has 0 amide bonds. The van der Waals surface area contributed by atoms with Crippen molar-refractivity contribution >= 4 is 29.9 Å². The van der Waals surface area contributed by atoms with Crippen LogP contribution in [-0.2, 0) is 9.47 Å². The van der Waals surface area contributed by atoms with Crippen LogP contribution in [0.15, 0.2) is 4.99 Å². The first-order valence-corrected chi connectivity index (χ1v) is 7.64. The molecule has 1 atom stereocenters. The predicted molar refractivity (Wildman–Crippen MR) is 101 cm³/mol. The van der Waals surface area contributed by atoms with E-state index in [2.05, 4.69) is 36.4 Å². The van der Waals surface area contributed by atoms with E-state index in [4.69, 9.17) is 9.47 Å². The number of nitrogens with zero attached hydrogens (tertiary/aromatic N) is 1. The summed E-state index contributed by atoms with van der Waals surface area (Å²) in [7, 11) is 3.49. The highest BCUT2D eigenvalue weighted by molar-refractivity contribution is 14.0. The summed E-state index contributed by atoms with van der Waals surface area (Å²) in [6.07, 6.45) is 3.36. The van der Waals surface area contributed by atoms with Gasteiger partial charge in [-0.05, 0) is 32.1 Å². The molecule has 0 spiro atoms. The van der Waals surface area contributed by atoms with Crippen molar-refractivity contribution in [2.45, 2.75) is 46.1 Å². The van der Waals surface area contributed by atoms with Crippen LogP contribution in [0.1, 0.15) is 40.0 Å². The van der Waals surface area contributed by atoms with Crippen LogP contribution in [-0.4, -0.2) is 52.5 Å². The highest BCUT2D eigenvalue weighted by atomic mass is 127. The van der Waals surface area contributed by atoms with Crippen molar-refractivity contribution in [3.05, 3.63) is 0 Å². The first-order chi connectivity index (χ1) is 9.60. The number of hydrogen-bond donors (Lipinski definition) is 2. The van der Waals surface area contributed by atoms with Crippen LogP contribution in [0.5, 0.6) is 0 Å². The third-order valence-corrected chi connectivity index (χ3v) is 2.97. The number of aliphatic imine (C=N–C) groups is 1. The molecule has 0 aromatic heterocycles. The second-order valence-electron chi connectivity index (χ2n) is 5.47. The molecule has 0 radical (unpaired) electrons. The van der Waals surface area contributed by atoms with Crippen molar-refractivity contribution in [1.82, 2.24) is 10.6 Å². The molecule has 6 heteroatoms. The van der Waals surface area contributed by atoms with Gasteiger partial charge in [0.05, 0.1) is 13.2 Å². The molecule has 128 valence electrons. The van der Waals surface area contributed by atoms with Crippen LogP contribution >= 0.6 is 24.0 Å². The Kier molecular flexibility index (Phi) is 18.0. The number of hydrogen-bond acceptors (Lipinski definition) is 3. The second kappa shape index (κ2) is 16.3. The van der Waals surface area contributed by atoms with Gasteiger partial charge in [0.2, 0.25) is 0 Å². The minimum absolute atomic E-state index is 0. The van der Waals surface area contributed by atoms with Crippen molar-refractivity contribution in [3.63, 3.8) is 0 Å². The van der Waals surface area contributed by atoms with E-state index in [-0.39, 0.29) is 24.0 Å². The van der Waals surface area contributed by atoms with Gasteiger partial charge < -0.3 is 20.1 Å². The summed E-state index contributed by atoms with van der Waals surface area (Å²) in [6, 6.07) is 0.446. The van der Waals surface area contributed by atoms with Crippen LogP contribution in [0.3, 0.4) is 0 Å². The molecule has 0 aromatic rings. The van der Waals surface area contributed by atoms with E-state index in [1.54, 1.807) is 14.2 Å². The maximum absolute atomic E-state index is 5.41. The van der Waals surface area contributed by atoms with E-state index in [1.165, 1.54) is 12.8 Å². The highest BCUT2D eigenvalue weighted by Crippen LogP contribution is 2.06. The van der Waals surface area contributed by atoms with Gasteiger partial charge >= 0.3 is 0 Å². The zero-order valence-corrected chi connectivity index (χ0v) is 16.6. The Morgan fingerprint density at radius 3 is 2.38 bits per heavy atom. The molecule has 5 nitrogen and oxygen atoms in total. The van der Waals surface area contributed by atoms with Crippen LogP contribution < -0.4 is 10.6 Å². The van der Waals surface area contributed by atoms with Gasteiger partial charge in [0, 0.05) is 33.4 Å². The summed E-state index contributed by atoms with van der Waals surface area (Å²) in [6.45, 7) is 9.63. The van der Waals surface area contributed by atoms with Crippen molar-refractivity contribution in [1.29, 1.82) is 0 Å². The van der Waals surface area contributed by atoms with Gasteiger partial charge in [0.25, 0.3) is 0 Å². The van der Waals surface area contributed by atoms with E-state index in [0.717, 1.165) is 31.4 Å². The quantitative estimate of drug-likeness (QED) is 0.236. The number of rotatable bonds is 11. The zero-order valence-electron chi connectivity index (χ0n) is 14.3. The minimum Gasteiger partial charge on any atom is -0.382 e. The van der Waals surface area contributed by atoms with Gasteiger partial charge in [0.1, 0.15) is 0 Å². The van der Waals surface area contributed by atoms with E-state index in [1.807, 2.05) is 0 Å². The fourth-order valence-corrected chi connectivity index (χ4v) is 1.71. The molecule has 21 heavy (non-hydrogen) atoms. The average molecular weight is 415 g/mol. The molecular weight excluding hydrogens is 381 g/mol. The Hall–Kier alpha value is -0.0800. The van der Waals surface area contributed by atoms with Gasteiger partial charge in [-0.1, -0.05) is 13.8 Å². The Bertz CT molecular complexity index is 251. The SMILES string of the molecule is CN=C(NCCCOCCOC)NC(C)CCC(C)C.I. The molecule has 0 rings (SSSR count). The molecule has 0 saturated heterocycles. The monoisotopic (exact) mass is 415 g/mol. The van der Waals surface area contributed by atoms with E-state index < -0.39 is 0 Å². The van der Waals surface area contributed by atoms with E-state index in [0.29, 0.717) is 19.3 Å². The van der Waals surface area contributed by atoms with E-state index >= 15 is 0 Å². The van der Waals surface area contributed by atoms with Crippen molar-refractivity contribution < 1.29 is 9.47 Å². The van der Waals surface area contributed by atoms with Crippen LogP contribution in [0.2, 0.25) is 0 Å². The molecule has 0 aliphatic heterocycles. The van der Waals surface area contributed by atoms with E-state index in [9.17, 15) is 0 Å². The lowest BCUT2D eigenvalue weighted by molar-refractivity contribution is 0.0698. The number of halogens is 1. The Balaban J connectivity index is 0. The molecule has 0 saturated carbocycles. The lowest BCUT2D eigenvalue weighted by Crippen LogP contribution is -2.42. The van der Waals surface area contributed by atoms with Crippen molar-refractivity contribution in [2.24, 2.45) is 10.9 Å². The molecule has 0 aliphatic carbocycles. The average Bonchev–Trinajstić information content (AvgIpc) is 2.42. The molecule has 0 heterocycles. The molecule has 0 aliphatic rings.